The fourth-order valence-electron chi connectivity index (χ4n) is 1.41. The van der Waals surface area contributed by atoms with Crippen molar-refractivity contribution < 1.29 is 52.2 Å². The van der Waals surface area contributed by atoms with Crippen LogP contribution in [0.1, 0.15) is 20.3 Å². The number of hydrogen-bond donors (Lipinski definition) is 0. The van der Waals surface area contributed by atoms with Crippen LogP contribution >= 0.6 is 0 Å². The Labute approximate surface area is 137 Å². The van der Waals surface area contributed by atoms with Gasteiger partial charge in [-0.25, -0.2) is 14.4 Å². The van der Waals surface area contributed by atoms with E-state index in [9.17, 15) is 19.2 Å². The van der Waals surface area contributed by atoms with Crippen molar-refractivity contribution in [1.29, 1.82) is 0 Å². The molecule has 1 aliphatic rings. The summed E-state index contributed by atoms with van der Waals surface area (Å²) in [4.78, 5) is 43.7. The molecule has 0 saturated carbocycles. The maximum atomic E-state index is 11.2. The third-order valence-electron chi connectivity index (χ3n) is 2.50. The summed E-state index contributed by atoms with van der Waals surface area (Å²) in [5.74, 6) is -0.505. The van der Waals surface area contributed by atoms with Gasteiger partial charge in [0.2, 0.25) is 0 Å². The molecule has 1 fully saturated rings. The highest BCUT2D eigenvalue weighted by Crippen LogP contribution is 2.06. The summed E-state index contributed by atoms with van der Waals surface area (Å²) in [5.41, 5.74) is 0. The van der Waals surface area contributed by atoms with Crippen LogP contribution in [-0.2, 0) is 37.8 Å². The van der Waals surface area contributed by atoms with Gasteiger partial charge in [0.05, 0.1) is 0 Å². The molecule has 2 unspecified atom stereocenters. The minimum atomic E-state index is -1.18. The fourth-order valence-corrected chi connectivity index (χ4v) is 1.41. The van der Waals surface area contributed by atoms with Gasteiger partial charge in [-0.2, -0.15) is 0 Å². The summed E-state index contributed by atoms with van der Waals surface area (Å²) < 4.78 is 31.8. The molecule has 0 N–H and O–H groups in total. The summed E-state index contributed by atoms with van der Waals surface area (Å²) in [7, 11) is 0.411. The molecule has 1 aliphatic heterocycles. The second-order valence-corrected chi connectivity index (χ2v) is 4.39. The lowest BCUT2D eigenvalue weighted by atomic mass is 10.3. The van der Waals surface area contributed by atoms with Crippen molar-refractivity contribution in [3.8, 4) is 0 Å². The van der Waals surface area contributed by atoms with Crippen molar-refractivity contribution in [1.82, 2.24) is 0 Å². The maximum absolute atomic E-state index is 11.2. The third kappa shape index (κ3) is 8.10. The van der Waals surface area contributed by atoms with Crippen molar-refractivity contribution in [2.75, 3.05) is 19.8 Å². The summed E-state index contributed by atoms with van der Waals surface area (Å²) in [6.45, 7) is 2.44. The Morgan fingerprint density at radius 3 is 2.46 bits per heavy atom. The van der Waals surface area contributed by atoms with Crippen LogP contribution in [0.3, 0.4) is 0 Å². The Balaban J connectivity index is 2.08. The van der Waals surface area contributed by atoms with Gasteiger partial charge in [0, 0.05) is 6.92 Å². The van der Waals surface area contributed by atoms with Gasteiger partial charge in [0.25, 0.3) is 0 Å². The van der Waals surface area contributed by atoms with Crippen molar-refractivity contribution in [3.05, 3.63) is 0 Å². The molecule has 0 bridgehead atoms. The van der Waals surface area contributed by atoms with Gasteiger partial charge >= 0.3 is 32.1 Å². The standard InChI is InChI=1S/C12H16BO11/c1-3-8(21-7(2)14)4-19-11(16)23-13-24-12(17)20-6-9-5-18-10(15)22-9/h8-9H,3-6H2,1-2H3. The molecule has 0 spiro atoms. The molecule has 0 amide bonds. The van der Waals surface area contributed by atoms with E-state index in [1.54, 1.807) is 6.92 Å². The molecule has 133 valence electrons. The molecule has 2 atom stereocenters. The first-order valence-electron chi connectivity index (χ1n) is 6.89. The van der Waals surface area contributed by atoms with E-state index in [-0.39, 0.29) is 19.8 Å². The number of cyclic esters (lactones) is 2. The van der Waals surface area contributed by atoms with E-state index in [1.807, 2.05) is 0 Å². The molecule has 12 heteroatoms. The van der Waals surface area contributed by atoms with Crippen LogP contribution in [0.5, 0.6) is 0 Å². The molecular weight excluding hydrogens is 331 g/mol. The molecule has 11 nitrogen and oxygen atoms in total. The molecule has 0 aliphatic carbocycles. The number of ether oxygens (including phenoxy) is 5. The zero-order valence-electron chi connectivity index (χ0n) is 13.1. The number of hydrogen-bond acceptors (Lipinski definition) is 11. The minimum Gasteiger partial charge on any atom is -0.467 e. The van der Waals surface area contributed by atoms with E-state index in [0.717, 1.165) is 0 Å². The van der Waals surface area contributed by atoms with Gasteiger partial charge < -0.3 is 33.0 Å². The second-order valence-electron chi connectivity index (χ2n) is 4.39. The van der Waals surface area contributed by atoms with E-state index in [0.29, 0.717) is 14.1 Å². The molecular formula is C12H16BO11. The fraction of sp³-hybridized carbons (Fsp3) is 0.667. The third-order valence-corrected chi connectivity index (χ3v) is 2.50. The predicted molar refractivity (Wildman–Crippen MR) is 72.7 cm³/mol. The van der Waals surface area contributed by atoms with Crippen LogP contribution in [-0.4, -0.2) is 64.1 Å². The van der Waals surface area contributed by atoms with Gasteiger partial charge in [0.15, 0.2) is 6.10 Å². The molecule has 1 saturated heterocycles. The van der Waals surface area contributed by atoms with Gasteiger partial charge in [-0.3, -0.25) is 4.79 Å². The smallest absolute Gasteiger partial charge is 0.467 e. The second kappa shape index (κ2) is 10.2. The van der Waals surface area contributed by atoms with E-state index in [2.05, 4.69) is 28.3 Å². The SMILES string of the molecule is CCC(COC(=O)O[B]OC(=O)OCC1COC(=O)O1)OC(C)=O. The summed E-state index contributed by atoms with van der Waals surface area (Å²) in [6, 6.07) is 0. The first-order valence-corrected chi connectivity index (χ1v) is 6.89. The number of esters is 1. The van der Waals surface area contributed by atoms with E-state index in [4.69, 9.17) is 4.74 Å². The Kier molecular flexibility index (Phi) is 8.23. The van der Waals surface area contributed by atoms with Gasteiger partial charge in [-0.1, -0.05) is 6.92 Å². The molecule has 1 heterocycles. The van der Waals surface area contributed by atoms with Crippen molar-refractivity contribution >= 4 is 32.1 Å². The molecule has 1 radical (unpaired) electrons. The molecule has 1 rings (SSSR count). The summed E-state index contributed by atoms with van der Waals surface area (Å²) >= 11 is 0. The van der Waals surface area contributed by atoms with Crippen LogP contribution in [0.2, 0.25) is 0 Å². The number of carbonyl (C=O) groups is 4. The van der Waals surface area contributed by atoms with Gasteiger partial charge in [-0.15, -0.1) is 0 Å². The van der Waals surface area contributed by atoms with E-state index in [1.165, 1.54) is 6.92 Å². The quantitative estimate of drug-likeness (QED) is 0.349. The minimum absolute atomic E-state index is 0.0421. The van der Waals surface area contributed by atoms with E-state index < -0.39 is 36.6 Å². The molecule has 0 aromatic heterocycles. The highest BCUT2D eigenvalue weighted by Gasteiger charge is 2.26. The lowest BCUT2D eigenvalue weighted by molar-refractivity contribution is -0.148. The largest absolute Gasteiger partial charge is 0.667 e. The van der Waals surface area contributed by atoms with Gasteiger partial charge in [0.1, 0.15) is 25.9 Å². The normalized spacial score (nSPS) is 16.9. The Hall–Kier alpha value is -2.66. The van der Waals surface area contributed by atoms with Crippen molar-refractivity contribution in [2.24, 2.45) is 0 Å². The van der Waals surface area contributed by atoms with Crippen LogP contribution in [0.25, 0.3) is 0 Å². The summed E-state index contributed by atoms with van der Waals surface area (Å²) in [6.07, 6.45) is -4.08. The average Bonchev–Trinajstić information content (AvgIpc) is 2.94. The molecule has 0 aromatic rings. The van der Waals surface area contributed by atoms with Crippen LogP contribution in [0.15, 0.2) is 0 Å². The van der Waals surface area contributed by atoms with Crippen LogP contribution in [0, 0.1) is 0 Å². The number of carbonyl (C=O) groups excluding carboxylic acids is 4. The Morgan fingerprint density at radius 1 is 1.25 bits per heavy atom. The highest BCUT2D eigenvalue weighted by molar-refractivity contribution is 6.24. The average molecular weight is 347 g/mol. The molecule has 24 heavy (non-hydrogen) atoms. The highest BCUT2D eigenvalue weighted by atomic mass is 16.8. The van der Waals surface area contributed by atoms with Crippen LogP contribution in [0.4, 0.5) is 14.4 Å². The topological polar surface area (TPSA) is 133 Å². The van der Waals surface area contributed by atoms with Crippen molar-refractivity contribution in [3.63, 3.8) is 0 Å². The lowest BCUT2D eigenvalue weighted by Gasteiger charge is -2.14. The monoisotopic (exact) mass is 347 g/mol. The first-order chi connectivity index (χ1) is 11.4. The predicted octanol–water partition coefficient (Wildman–Crippen LogP) is 0.704. The molecule has 0 aromatic carbocycles. The Morgan fingerprint density at radius 2 is 1.92 bits per heavy atom. The van der Waals surface area contributed by atoms with E-state index >= 15 is 0 Å². The Bertz CT molecular complexity index is 466. The summed E-state index contributed by atoms with van der Waals surface area (Å²) in [5, 5.41) is 0. The first kappa shape index (κ1) is 19.4. The lowest BCUT2D eigenvalue weighted by Crippen LogP contribution is -2.26. The maximum Gasteiger partial charge on any atom is 0.667 e. The van der Waals surface area contributed by atoms with Crippen molar-refractivity contribution in [2.45, 2.75) is 32.5 Å². The zero-order valence-corrected chi connectivity index (χ0v) is 13.1. The van der Waals surface area contributed by atoms with Gasteiger partial charge in [-0.05, 0) is 6.42 Å². The number of rotatable bonds is 8. The zero-order chi connectivity index (χ0) is 17.9. The van der Waals surface area contributed by atoms with Crippen LogP contribution < -0.4 is 0 Å².